The van der Waals surface area contributed by atoms with E-state index in [1.54, 1.807) is 47.9 Å². The van der Waals surface area contributed by atoms with Crippen molar-refractivity contribution >= 4 is 35.0 Å². The molecule has 0 saturated carbocycles. The number of furan rings is 1. The molecule has 0 radical (unpaired) electrons. The van der Waals surface area contributed by atoms with Crippen molar-refractivity contribution in [3.05, 3.63) is 144 Å². The second kappa shape index (κ2) is 12.4. The molecule has 226 valence electrons. The van der Waals surface area contributed by atoms with Crippen molar-refractivity contribution in [3.8, 4) is 11.3 Å². The summed E-state index contributed by atoms with van der Waals surface area (Å²) in [5, 5.41) is 2.98. The van der Waals surface area contributed by atoms with E-state index < -0.39 is 12.0 Å². The van der Waals surface area contributed by atoms with Crippen LogP contribution in [0.4, 0.5) is 5.69 Å². The van der Waals surface area contributed by atoms with Gasteiger partial charge in [0.1, 0.15) is 11.5 Å². The number of esters is 1. The molecule has 1 aliphatic heterocycles. The molecule has 9 heteroatoms. The molecule has 45 heavy (non-hydrogen) atoms. The highest BCUT2D eigenvalue weighted by atomic mass is 32.1. The maximum atomic E-state index is 14.1. The van der Waals surface area contributed by atoms with Crippen LogP contribution < -0.4 is 20.2 Å². The number of nitrogens with one attached hydrogen (secondary N) is 1. The molecule has 5 aromatic rings. The standard InChI is InChI=1S/C36H31N3O5S/c1-21(2)23-10-14-25(15-11-23)32-31(33(40)38-27-8-6-5-7-9-27)22(3)37-36-39(32)34(41)30(45-36)20-28-18-19-29(44-28)24-12-16-26(17-13-24)35(42)43-4/h5-21,32H,1-4H3,(H,38,40)/b30-20-. The molecule has 0 bridgehead atoms. The molecule has 3 heterocycles. The zero-order chi connectivity index (χ0) is 31.7. The van der Waals surface area contributed by atoms with Gasteiger partial charge >= 0.3 is 5.97 Å². The molecule has 0 spiro atoms. The Kier molecular flexibility index (Phi) is 8.19. The summed E-state index contributed by atoms with van der Waals surface area (Å²) in [6.07, 6.45) is 1.69. The van der Waals surface area contributed by atoms with Crippen LogP contribution in [0.3, 0.4) is 0 Å². The Balaban J connectivity index is 1.41. The van der Waals surface area contributed by atoms with Crippen molar-refractivity contribution in [1.82, 2.24) is 4.57 Å². The van der Waals surface area contributed by atoms with Gasteiger partial charge in [0, 0.05) is 17.3 Å². The van der Waals surface area contributed by atoms with Gasteiger partial charge in [-0.05, 0) is 60.4 Å². The lowest BCUT2D eigenvalue weighted by Crippen LogP contribution is -2.40. The first-order chi connectivity index (χ1) is 21.7. The van der Waals surface area contributed by atoms with Gasteiger partial charge in [0.05, 0.1) is 34.5 Å². The molecule has 0 fully saturated rings. The predicted molar refractivity (Wildman–Crippen MR) is 175 cm³/mol. The third-order valence-corrected chi connectivity index (χ3v) is 8.69. The highest BCUT2D eigenvalue weighted by molar-refractivity contribution is 7.07. The largest absolute Gasteiger partial charge is 0.465 e. The summed E-state index contributed by atoms with van der Waals surface area (Å²) in [6, 6.07) is 27.1. The summed E-state index contributed by atoms with van der Waals surface area (Å²) in [7, 11) is 1.34. The van der Waals surface area contributed by atoms with Crippen LogP contribution in [0.2, 0.25) is 0 Å². The number of fused-ring (bicyclic) bond motifs is 1. The maximum Gasteiger partial charge on any atom is 0.337 e. The van der Waals surface area contributed by atoms with Gasteiger partial charge in [-0.25, -0.2) is 9.79 Å². The molecule has 1 aliphatic rings. The van der Waals surface area contributed by atoms with E-state index in [4.69, 9.17) is 14.1 Å². The lowest BCUT2D eigenvalue weighted by molar-refractivity contribution is -0.113. The average Bonchev–Trinajstić information content (AvgIpc) is 3.64. The lowest BCUT2D eigenvalue weighted by Gasteiger charge is -2.25. The number of aromatic nitrogens is 1. The Morgan fingerprint density at radius 3 is 2.36 bits per heavy atom. The maximum absolute atomic E-state index is 14.1. The Hall–Kier alpha value is -5.28. The normalized spacial score (nSPS) is 14.7. The van der Waals surface area contributed by atoms with Crippen LogP contribution >= 0.6 is 11.3 Å². The zero-order valence-electron chi connectivity index (χ0n) is 25.2. The van der Waals surface area contributed by atoms with Crippen LogP contribution in [0.25, 0.3) is 17.4 Å². The van der Waals surface area contributed by atoms with Gasteiger partial charge in [0.15, 0.2) is 4.80 Å². The number of amides is 1. The molecular weight excluding hydrogens is 586 g/mol. The summed E-state index contributed by atoms with van der Waals surface area (Å²) in [5.74, 6) is 0.682. The number of rotatable bonds is 7. The Morgan fingerprint density at radius 2 is 1.69 bits per heavy atom. The Morgan fingerprint density at radius 1 is 0.978 bits per heavy atom. The third kappa shape index (κ3) is 5.94. The fourth-order valence-electron chi connectivity index (χ4n) is 5.31. The fourth-order valence-corrected chi connectivity index (χ4v) is 6.34. The molecule has 1 N–H and O–H groups in total. The summed E-state index contributed by atoms with van der Waals surface area (Å²) in [6.45, 7) is 6.05. The van der Waals surface area contributed by atoms with E-state index in [1.807, 2.05) is 60.7 Å². The number of hydrogen-bond donors (Lipinski definition) is 1. The van der Waals surface area contributed by atoms with E-state index in [0.29, 0.717) is 49.3 Å². The number of hydrogen-bond acceptors (Lipinski definition) is 7. The van der Waals surface area contributed by atoms with E-state index in [2.05, 4.69) is 19.2 Å². The van der Waals surface area contributed by atoms with Gasteiger partial charge in [-0.1, -0.05) is 79.8 Å². The minimum Gasteiger partial charge on any atom is -0.465 e. The van der Waals surface area contributed by atoms with Crippen molar-refractivity contribution in [1.29, 1.82) is 0 Å². The number of anilines is 1. The van der Waals surface area contributed by atoms with E-state index in [-0.39, 0.29) is 11.5 Å². The van der Waals surface area contributed by atoms with Crippen LogP contribution in [0.5, 0.6) is 0 Å². The van der Waals surface area contributed by atoms with Crippen LogP contribution in [-0.2, 0) is 9.53 Å². The molecular formula is C36H31N3O5S. The molecule has 2 aromatic heterocycles. The van der Waals surface area contributed by atoms with Crippen molar-refractivity contribution in [2.75, 3.05) is 12.4 Å². The molecule has 0 aliphatic carbocycles. The van der Waals surface area contributed by atoms with Crippen LogP contribution in [-0.4, -0.2) is 23.6 Å². The Bertz CT molecular complexity index is 2100. The number of ether oxygens (including phenoxy) is 1. The van der Waals surface area contributed by atoms with Gasteiger partial charge in [0.25, 0.3) is 11.5 Å². The van der Waals surface area contributed by atoms with E-state index in [9.17, 15) is 14.4 Å². The average molecular weight is 618 g/mol. The highest BCUT2D eigenvalue weighted by Crippen LogP contribution is 2.32. The molecule has 3 aromatic carbocycles. The molecule has 6 rings (SSSR count). The lowest BCUT2D eigenvalue weighted by atomic mass is 9.93. The van der Waals surface area contributed by atoms with Crippen molar-refractivity contribution < 1.29 is 18.7 Å². The SMILES string of the molecule is COC(=O)c1ccc(-c2ccc(/C=c3\sc4n(c3=O)C(c3ccc(C(C)C)cc3)C(C(=O)Nc3ccccc3)=C(C)N=4)o2)cc1. The molecule has 1 atom stereocenters. The van der Waals surface area contributed by atoms with Gasteiger partial charge in [0.2, 0.25) is 0 Å². The topological polar surface area (TPSA) is 103 Å². The number of para-hydroxylation sites is 1. The Labute approximate surface area is 263 Å². The zero-order valence-corrected chi connectivity index (χ0v) is 26.1. The fraction of sp³-hybridized carbons (Fsp3) is 0.167. The van der Waals surface area contributed by atoms with Gasteiger partial charge in [-0.2, -0.15) is 0 Å². The summed E-state index contributed by atoms with van der Waals surface area (Å²) >= 11 is 1.25. The van der Waals surface area contributed by atoms with Gasteiger partial charge < -0.3 is 14.5 Å². The van der Waals surface area contributed by atoms with E-state index in [0.717, 1.165) is 16.7 Å². The van der Waals surface area contributed by atoms with Crippen LogP contribution in [0.1, 0.15) is 60.0 Å². The number of carbonyl (C=O) groups excluding carboxylic acids is 2. The molecule has 8 nitrogen and oxygen atoms in total. The first-order valence-electron chi connectivity index (χ1n) is 14.5. The van der Waals surface area contributed by atoms with E-state index in [1.165, 1.54) is 18.4 Å². The van der Waals surface area contributed by atoms with Crippen molar-refractivity contribution in [2.24, 2.45) is 4.99 Å². The second-order valence-electron chi connectivity index (χ2n) is 11.0. The van der Waals surface area contributed by atoms with Crippen molar-refractivity contribution in [3.63, 3.8) is 0 Å². The molecule has 1 amide bonds. The first kappa shape index (κ1) is 29.8. The number of methoxy groups -OCH3 is 1. The number of nitrogens with zero attached hydrogens (tertiary/aromatic N) is 2. The quantitative estimate of drug-likeness (QED) is 0.224. The van der Waals surface area contributed by atoms with Crippen LogP contribution in [0.15, 0.2) is 116 Å². The number of carbonyl (C=O) groups is 2. The minimum absolute atomic E-state index is 0.269. The summed E-state index contributed by atoms with van der Waals surface area (Å²) in [5.41, 5.74) is 4.53. The third-order valence-electron chi connectivity index (χ3n) is 7.71. The molecule has 1 unspecified atom stereocenters. The highest BCUT2D eigenvalue weighted by Gasteiger charge is 2.32. The second-order valence-corrected chi connectivity index (χ2v) is 12.0. The molecule has 0 saturated heterocycles. The monoisotopic (exact) mass is 617 g/mol. The number of benzene rings is 3. The van der Waals surface area contributed by atoms with Crippen molar-refractivity contribution in [2.45, 2.75) is 32.7 Å². The summed E-state index contributed by atoms with van der Waals surface area (Å²) in [4.78, 5) is 44.9. The predicted octanol–water partition coefficient (Wildman–Crippen LogP) is 6.04. The number of allylic oxidation sites excluding steroid dienone is 1. The number of thiazole rings is 1. The summed E-state index contributed by atoms with van der Waals surface area (Å²) < 4.78 is 12.9. The van der Waals surface area contributed by atoms with E-state index >= 15 is 0 Å². The minimum atomic E-state index is -0.672. The smallest absolute Gasteiger partial charge is 0.337 e. The first-order valence-corrected chi connectivity index (χ1v) is 15.3. The van der Waals surface area contributed by atoms with Gasteiger partial charge in [-0.3, -0.25) is 14.2 Å². The van der Waals surface area contributed by atoms with Gasteiger partial charge in [-0.15, -0.1) is 0 Å². The van der Waals surface area contributed by atoms with Crippen LogP contribution in [0, 0.1) is 0 Å².